The molecule has 2 heterocycles. The van der Waals surface area contributed by atoms with Crippen LogP contribution in [-0.2, 0) is 10.0 Å². The Morgan fingerprint density at radius 1 is 1.55 bits per heavy atom. The van der Waals surface area contributed by atoms with Crippen molar-refractivity contribution >= 4 is 32.1 Å². The topological polar surface area (TPSA) is 92.7 Å². The number of rotatable bonds is 6. The molecule has 9 heteroatoms. The smallest absolute Gasteiger partial charge is 0.262 e. The number of thiazole rings is 1. The molecule has 0 spiro atoms. The maximum absolute atomic E-state index is 12.8. The van der Waals surface area contributed by atoms with Gasteiger partial charge >= 0.3 is 0 Å². The minimum Gasteiger partial charge on any atom is -0.306 e. The number of hydrogen-bond donors (Lipinski definition) is 2. The van der Waals surface area contributed by atoms with Gasteiger partial charge in [0.15, 0.2) is 10.8 Å². The lowest BCUT2D eigenvalue weighted by Gasteiger charge is -2.22. The van der Waals surface area contributed by atoms with Gasteiger partial charge in [0.2, 0.25) is 5.03 Å². The molecule has 0 atom stereocenters. The molecular formula is C11H19N5O2S2. The van der Waals surface area contributed by atoms with Crippen LogP contribution < -0.4 is 11.3 Å². The quantitative estimate of drug-likeness (QED) is 0.619. The van der Waals surface area contributed by atoms with Crippen LogP contribution in [0.2, 0.25) is 0 Å². The lowest BCUT2D eigenvalue weighted by Crippen LogP contribution is -2.35. The molecule has 0 radical (unpaired) electrons. The SMILES string of the molecule is CCN(CC(C)C)S(=O)(=O)c1c(NN)nc2sccn12. The zero-order valence-electron chi connectivity index (χ0n) is 11.7. The summed E-state index contributed by atoms with van der Waals surface area (Å²) in [6.07, 6.45) is 1.68. The fourth-order valence-electron chi connectivity index (χ4n) is 2.03. The van der Waals surface area contributed by atoms with Gasteiger partial charge in [0, 0.05) is 24.7 Å². The van der Waals surface area contributed by atoms with Crippen molar-refractivity contribution in [3.05, 3.63) is 11.6 Å². The molecule has 0 aromatic carbocycles. The number of sulfonamides is 1. The van der Waals surface area contributed by atoms with E-state index < -0.39 is 10.0 Å². The number of fused-ring (bicyclic) bond motifs is 1. The van der Waals surface area contributed by atoms with E-state index in [1.807, 2.05) is 20.8 Å². The van der Waals surface area contributed by atoms with Gasteiger partial charge in [-0.05, 0) is 5.92 Å². The Bertz CT molecular complexity index is 689. The van der Waals surface area contributed by atoms with Crippen molar-refractivity contribution in [2.45, 2.75) is 25.8 Å². The van der Waals surface area contributed by atoms with Gasteiger partial charge in [-0.3, -0.25) is 4.40 Å². The zero-order chi connectivity index (χ0) is 14.9. The summed E-state index contributed by atoms with van der Waals surface area (Å²) in [5.74, 6) is 5.83. The standard InChI is InChI=1S/C11H19N5O2S2/c1-4-15(7-8(2)3)20(17,18)10-9(14-12)13-11-16(10)5-6-19-11/h5-6,8,14H,4,7,12H2,1-3H3. The summed E-state index contributed by atoms with van der Waals surface area (Å²) in [6.45, 7) is 6.65. The van der Waals surface area contributed by atoms with Crippen molar-refractivity contribution in [2.75, 3.05) is 18.5 Å². The van der Waals surface area contributed by atoms with Crippen molar-refractivity contribution in [1.82, 2.24) is 13.7 Å². The monoisotopic (exact) mass is 317 g/mol. The van der Waals surface area contributed by atoms with E-state index in [9.17, 15) is 8.42 Å². The van der Waals surface area contributed by atoms with Gasteiger partial charge in [-0.25, -0.2) is 14.3 Å². The largest absolute Gasteiger partial charge is 0.306 e. The summed E-state index contributed by atoms with van der Waals surface area (Å²) in [6, 6.07) is 0. The summed E-state index contributed by atoms with van der Waals surface area (Å²) >= 11 is 1.36. The van der Waals surface area contributed by atoms with E-state index in [4.69, 9.17) is 5.84 Å². The highest BCUT2D eigenvalue weighted by atomic mass is 32.2. The Hall–Kier alpha value is -1.16. The molecule has 0 amide bonds. The van der Waals surface area contributed by atoms with Gasteiger partial charge < -0.3 is 5.43 Å². The second-order valence-electron chi connectivity index (χ2n) is 4.82. The number of nitrogen functional groups attached to an aromatic ring is 1. The van der Waals surface area contributed by atoms with E-state index in [1.165, 1.54) is 15.6 Å². The molecule has 2 aromatic heterocycles. The van der Waals surface area contributed by atoms with Gasteiger partial charge in [0.25, 0.3) is 10.0 Å². The lowest BCUT2D eigenvalue weighted by atomic mass is 10.2. The first-order chi connectivity index (χ1) is 9.41. The van der Waals surface area contributed by atoms with Crippen LogP contribution in [0.4, 0.5) is 5.82 Å². The van der Waals surface area contributed by atoms with Crippen LogP contribution in [0, 0.1) is 5.92 Å². The van der Waals surface area contributed by atoms with Gasteiger partial charge in [-0.2, -0.15) is 9.29 Å². The summed E-state index contributed by atoms with van der Waals surface area (Å²) in [5.41, 5.74) is 2.38. The molecule has 112 valence electrons. The van der Waals surface area contributed by atoms with Crippen LogP contribution in [0.3, 0.4) is 0 Å². The third-order valence-electron chi connectivity index (χ3n) is 2.86. The molecule has 20 heavy (non-hydrogen) atoms. The Morgan fingerprint density at radius 3 is 2.80 bits per heavy atom. The summed E-state index contributed by atoms with van der Waals surface area (Å²) in [7, 11) is -3.64. The summed E-state index contributed by atoms with van der Waals surface area (Å²) in [4.78, 5) is 4.79. The van der Waals surface area contributed by atoms with Crippen molar-refractivity contribution < 1.29 is 8.42 Å². The Morgan fingerprint density at radius 2 is 2.25 bits per heavy atom. The molecule has 0 fully saturated rings. The van der Waals surface area contributed by atoms with Crippen molar-refractivity contribution in [2.24, 2.45) is 11.8 Å². The van der Waals surface area contributed by atoms with E-state index in [-0.39, 0.29) is 16.8 Å². The molecule has 0 saturated carbocycles. The highest BCUT2D eigenvalue weighted by Gasteiger charge is 2.31. The van der Waals surface area contributed by atoms with E-state index in [0.717, 1.165) is 0 Å². The first-order valence-corrected chi connectivity index (χ1v) is 8.66. The molecule has 2 aromatic rings. The molecule has 0 bridgehead atoms. The van der Waals surface area contributed by atoms with Crippen LogP contribution in [0.25, 0.3) is 4.96 Å². The number of aromatic nitrogens is 2. The minimum atomic E-state index is -3.64. The molecule has 7 nitrogen and oxygen atoms in total. The van der Waals surface area contributed by atoms with Gasteiger partial charge in [-0.15, -0.1) is 11.3 Å². The number of anilines is 1. The van der Waals surface area contributed by atoms with Crippen molar-refractivity contribution in [1.29, 1.82) is 0 Å². The van der Waals surface area contributed by atoms with E-state index in [1.54, 1.807) is 16.0 Å². The number of nitrogens with one attached hydrogen (secondary N) is 1. The predicted octanol–water partition coefficient (Wildman–Crippen LogP) is 1.35. The fraction of sp³-hybridized carbons (Fsp3) is 0.545. The Kier molecular flexibility index (Phi) is 4.33. The highest BCUT2D eigenvalue weighted by molar-refractivity contribution is 7.89. The molecule has 2 rings (SSSR count). The van der Waals surface area contributed by atoms with Gasteiger partial charge in [0.1, 0.15) is 0 Å². The average molecular weight is 317 g/mol. The minimum absolute atomic E-state index is 0.0961. The van der Waals surface area contributed by atoms with Crippen molar-refractivity contribution in [3.63, 3.8) is 0 Å². The normalized spacial score (nSPS) is 12.7. The second-order valence-corrected chi connectivity index (χ2v) is 7.54. The molecule has 3 N–H and O–H groups in total. The maximum Gasteiger partial charge on any atom is 0.262 e. The highest BCUT2D eigenvalue weighted by Crippen LogP contribution is 2.28. The molecule has 0 aliphatic rings. The lowest BCUT2D eigenvalue weighted by molar-refractivity contribution is 0.379. The number of nitrogens with zero attached hydrogens (tertiary/aromatic N) is 3. The third kappa shape index (κ3) is 2.53. The van der Waals surface area contributed by atoms with Crippen LogP contribution in [-0.4, -0.2) is 35.2 Å². The Balaban J connectivity index is 2.57. The average Bonchev–Trinajstić information content (AvgIpc) is 2.94. The molecule has 0 aliphatic carbocycles. The number of imidazole rings is 1. The summed E-state index contributed by atoms with van der Waals surface area (Å²) in [5, 5.41) is 1.89. The van der Waals surface area contributed by atoms with Crippen molar-refractivity contribution in [3.8, 4) is 0 Å². The van der Waals surface area contributed by atoms with Crippen LogP contribution in [0.15, 0.2) is 16.6 Å². The van der Waals surface area contributed by atoms with Crippen LogP contribution in [0.1, 0.15) is 20.8 Å². The summed E-state index contributed by atoms with van der Waals surface area (Å²) < 4.78 is 28.6. The number of hydrogen-bond acceptors (Lipinski definition) is 6. The number of nitrogens with two attached hydrogens (primary N) is 1. The van der Waals surface area contributed by atoms with Crippen LogP contribution in [0.5, 0.6) is 0 Å². The molecular weight excluding hydrogens is 298 g/mol. The van der Waals surface area contributed by atoms with E-state index in [0.29, 0.717) is 18.1 Å². The van der Waals surface area contributed by atoms with Crippen LogP contribution >= 0.6 is 11.3 Å². The fourth-order valence-corrected chi connectivity index (χ4v) is 4.63. The maximum atomic E-state index is 12.8. The first kappa shape index (κ1) is 15.2. The first-order valence-electron chi connectivity index (χ1n) is 6.34. The molecule has 0 aliphatic heterocycles. The predicted molar refractivity (Wildman–Crippen MR) is 80.1 cm³/mol. The molecule has 0 unspecified atom stereocenters. The van der Waals surface area contributed by atoms with Gasteiger partial charge in [-0.1, -0.05) is 20.8 Å². The number of hydrazine groups is 1. The Labute approximate surface area is 122 Å². The zero-order valence-corrected chi connectivity index (χ0v) is 13.3. The van der Waals surface area contributed by atoms with E-state index >= 15 is 0 Å². The molecule has 0 saturated heterocycles. The van der Waals surface area contributed by atoms with Gasteiger partial charge in [0.05, 0.1) is 0 Å². The third-order valence-corrected chi connectivity index (χ3v) is 5.58. The second kappa shape index (κ2) is 5.68. The van der Waals surface area contributed by atoms with E-state index in [2.05, 4.69) is 10.4 Å².